The van der Waals surface area contributed by atoms with Gasteiger partial charge in [0.1, 0.15) is 0 Å². The summed E-state index contributed by atoms with van der Waals surface area (Å²) in [7, 11) is 0. The lowest BCUT2D eigenvalue weighted by Crippen LogP contribution is -2.33. The number of likely N-dealkylation sites (tertiary alicyclic amines) is 1. The van der Waals surface area contributed by atoms with E-state index in [1.165, 1.54) is 30.4 Å². The molecule has 1 aliphatic rings. The molecule has 22 heavy (non-hydrogen) atoms. The van der Waals surface area contributed by atoms with Crippen molar-refractivity contribution in [2.75, 3.05) is 13.2 Å². The Morgan fingerprint density at radius 1 is 1.14 bits per heavy atom. The van der Waals surface area contributed by atoms with Gasteiger partial charge in [0, 0.05) is 24.3 Å². The number of nitrogens with zero attached hydrogens (tertiary/aromatic N) is 2. The average molecular weight is 296 g/mol. The highest BCUT2D eigenvalue weighted by Crippen LogP contribution is 2.35. The minimum absolute atomic E-state index is 0.407. The number of benzene rings is 1. The highest BCUT2D eigenvalue weighted by atomic mass is 16.5. The molecule has 116 valence electrons. The molecule has 3 rings (SSSR count). The molecule has 1 atom stereocenters. The number of rotatable bonds is 5. The van der Waals surface area contributed by atoms with Crippen LogP contribution in [0.15, 0.2) is 48.7 Å². The number of aromatic nitrogens is 1. The van der Waals surface area contributed by atoms with Gasteiger partial charge in [-0.2, -0.15) is 0 Å². The zero-order chi connectivity index (χ0) is 15.2. The second kappa shape index (κ2) is 7.41. The maximum atomic E-state index is 5.75. The Bertz CT molecular complexity index is 585. The van der Waals surface area contributed by atoms with Crippen LogP contribution in [0.25, 0.3) is 0 Å². The Balaban J connectivity index is 1.83. The van der Waals surface area contributed by atoms with Crippen molar-refractivity contribution in [3.8, 4) is 5.88 Å². The molecule has 0 unspecified atom stereocenters. The predicted octanol–water partition coefficient (Wildman–Crippen LogP) is 4.21. The summed E-state index contributed by atoms with van der Waals surface area (Å²) in [6.07, 6.45) is 5.54. The molecule has 0 saturated carbocycles. The molecule has 1 aromatic heterocycles. The largest absolute Gasteiger partial charge is 0.478 e. The summed E-state index contributed by atoms with van der Waals surface area (Å²) in [6.45, 7) is 4.81. The number of hydrogen-bond acceptors (Lipinski definition) is 3. The highest BCUT2D eigenvalue weighted by Gasteiger charge is 2.26. The molecule has 1 fully saturated rings. The van der Waals surface area contributed by atoms with Crippen LogP contribution in [0.4, 0.5) is 0 Å². The Hall–Kier alpha value is -1.87. The van der Waals surface area contributed by atoms with Gasteiger partial charge in [0.15, 0.2) is 0 Å². The predicted molar refractivity (Wildman–Crippen MR) is 88.9 cm³/mol. The number of piperidine rings is 1. The topological polar surface area (TPSA) is 25.4 Å². The van der Waals surface area contributed by atoms with E-state index < -0.39 is 0 Å². The van der Waals surface area contributed by atoms with Gasteiger partial charge in [-0.05, 0) is 37.9 Å². The molecule has 0 spiro atoms. The molecule has 0 amide bonds. The van der Waals surface area contributed by atoms with Crippen molar-refractivity contribution in [1.82, 2.24) is 9.88 Å². The first kappa shape index (κ1) is 15.0. The fraction of sp³-hybridized carbons (Fsp3) is 0.421. The molecule has 1 aliphatic heterocycles. The summed E-state index contributed by atoms with van der Waals surface area (Å²) in [5, 5.41) is 0. The van der Waals surface area contributed by atoms with Crippen LogP contribution in [0.2, 0.25) is 0 Å². The Labute approximate surface area is 132 Å². The lowest BCUT2D eigenvalue weighted by molar-refractivity contribution is 0.136. The van der Waals surface area contributed by atoms with Crippen molar-refractivity contribution in [2.24, 2.45) is 0 Å². The van der Waals surface area contributed by atoms with Gasteiger partial charge in [-0.25, -0.2) is 4.98 Å². The van der Waals surface area contributed by atoms with E-state index in [9.17, 15) is 0 Å². The van der Waals surface area contributed by atoms with Gasteiger partial charge in [0.05, 0.1) is 6.61 Å². The third-order valence-electron chi connectivity index (χ3n) is 4.28. The standard InChI is InChI=1S/C19H24N2O/c1-2-22-19-17(11-8-13-20-19)18-12-6-7-14-21(18)15-16-9-4-3-5-10-16/h3-5,8-11,13,18H,2,6-7,12,14-15H2,1H3/t18-/m0/s1. The minimum atomic E-state index is 0.407. The van der Waals surface area contributed by atoms with Crippen LogP contribution >= 0.6 is 0 Å². The van der Waals surface area contributed by atoms with Crippen molar-refractivity contribution in [3.63, 3.8) is 0 Å². The lowest BCUT2D eigenvalue weighted by atomic mass is 9.95. The van der Waals surface area contributed by atoms with Gasteiger partial charge in [0.2, 0.25) is 5.88 Å². The van der Waals surface area contributed by atoms with E-state index in [0.29, 0.717) is 12.6 Å². The van der Waals surface area contributed by atoms with Crippen LogP contribution in [0.1, 0.15) is 43.4 Å². The Morgan fingerprint density at radius 3 is 2.82 bits per heavy atom. The average Bonchev–Trinajstić information content (AvgIpc) is 2.57. The second-order valence-electron chi connectivity index (χ2n) is 5.80. The van der Waals surface area contributed by atoms with Gasteiger partial charge in [-0.15, -0.1) is 0 Å². The van der Waals surface area contributed by atoms with E-state index in [0.717, 1.165) is 19.0 Å². The smallest absolute Gasteiger partial charge is 0.218 e. The molecule has 0 radical (unpaired) electrons. The van der Waals surface area contributed by atoms with E-state index in [1.54, 1.807) is 0 Å². The van der Waals surface area contributed by atoms with Crippen LogP contribution in [0.3, 0.4) is 0 Å². The monoisotopic (exact) mass is 296 g/mol. The van der Waals surface area contributed by atoms with Crippen LogP contribution < -0.4 is 4.74 Å². The summed E-state index contributed by atoms with van der Waals surface area (Å²) in [5.41, 5.74) is 2.61. The minimum Gasteiger partial charge on any atom is -0.478 e. The molecule has 2 heterocycles. The number of hydrogen-bond donors (Lipinski definition) is 0. The van der Waals surface area contributed by atoms with E-state index in [2.05, 4.69) is 46.3 Å². The summed E-state index contributed by atoms with van der Waals surface area (Å²) in [6, 6.07) is 15.3. The molecule has 0 N–H and O–H groups in total. The fourth-order valence-electron chi connectivity index (χ4n) is 3.26. The van der Waals surface area contributed by atoms with E-state index in [4.69, 9.17) is 4.74 Å². The molecule has 2 aromatic rings. The van der Waals surface area contributed by atoms with Crippen molar-refractivity contribution in [2.45, 2.75) is 38.8 Å². The molecule has 1 aromatic carbocycles. The van der Waals surface area contributed by atoms with Crippen LogP contribution in [0, 0.1) is 0 Å². The van der Waals surface area contributed by atoms with Crippen LogP contribution in [-0.4, -0.2) is 23.0 Å². The fourth-order valence-corrected chi connectivity index (χ4v) is 3.26. The van der Waals surface area contributed by atoms with Gasteiger partial charge in [-0.3, -0.25) is 4.90 Å². The first-order chi connectivity index (χ1) is 10.9. The Morgan fingerprint density at radius 2 is 2.00 bits per heavy atom. The van der Waals surface area contributed by atoms with E-state index >= 15 is 0 Å². The molecule has 1 saturated heterocycles. The van der Waals surface area contributed by atoms with Gasteiger partial charge < -0.3 is 4.74 Å². The third kappa shape index (κ3) is 3.47. The van der Waals surface area contributed by atoms with Crippen molar-refractivity contribution >= 4 is 0 Å². The van der Waals surface area contributed by atoms with Gasteiger partial charge >= 0.3 is 0 Å². The summed E-state index contributed by atoms with van der Waals surface area (Å²) in [4.78, 5) is 7.00. The maximum Gasteiger partial charge on any atom is 0.218 e. The second-order valence-corrected chi connectivity index (χ2v) is 5.80. The zero-order valence-electron chi connectivity index (χ0n) is 13.2. The first-order valence-corrected chi connectivity index (χ1v) is 8.24. The van der Waals surface area contributed by atoms with Crippen LogP contribution in [0.5, 0.6) is 5.88 Å². The van der Waals surface area contributed by atoms with Crippen molar-refractivity contribution in [3.05, 3.63) is 59.8 Å². The summed E-state index contributed by atoms with van der Waals surface area (Å²) < 4.78 is 5.75. The van der Waals surface area contributed by atoms with Crippen molar-refractivity contribution < 1.29 is 4.74 Å². The van der Waals surface area contributed by atoms with Gasteiger partial charge in [0.25, 0.3) is 0 Å². The molecular formula is C19H24N2O. The quantitative estimate of drug-likeness (QED) is 0.826. The molecular weight excluding hydrogens is 272 g/mol. The third-order valence-corrected chi connectivity index (χ3v) is 4.28. The zero-order valence-corrected chi connectivity index (χ0v) is 13.2. The molecule has 3 nitrogen and oxygen atoms in total. The SMILES string of the molecule is CCOc1ncccc1[C@@H]1CCCCN1Cc1ccccc1. The lowest BCUT2D eigenvalue weighted by Gasteiger charge is -2.36. The van der Waals surface area contributed by atoms with Crippen LogP contribution in [-0.2, 0) is 6.54 Å². The normalized spacial score (nSPS) is 19.0. The Kier molecular flexibility index (Phi) is 5.07. The maximum absolute atomic E-state index is 5.75. The number of pyridine rings is 1. The number of ether oxygens (including phenoxy) is 1. The highest BCUT2D eigenvalue weighted by molar-refractivity contribution is 5.30. The molecule has 0 bridgehead atoms. The molecule has 0 aliphatic carbocycles. The van der Waals surface area contributed by atoms with Crippen molar-refractivity contribution in [1.29, 1.82) is 0 Å². The first-order valence-electron chi connectivity index (χ1n) is 8.24. The van der Waals surface area contributed by atoms with Gasteiger partial charge in [-0.1, -0.05) is 42.8 Å². The van der Waals surface area contributed by atoms with E-state index in [1.807, 2.05) is 19.2 Å². The summed E-state index contributed by atoms with van der Waals surface area (Å²) >= 11 is 0. The van der Waals surface area contributed by atoms with E-state index in [-0.39, 0.29) is 0 Å². The summed E-state index contributed by atoms with van der Waals surface area (Å²) in [5.74, 6) is 0.801. The molecule has 3 heteroatoms.